The van der Waals surface area contributed by atoms with E-state index in [0.29, 0.717) is 12.2 Å². The molecule has 0 saturated carbocycles. The van der Waals surface area contributed by atoms with E-state index in [9.17, 15) is 4.79 Å². The van der Waals surface area contributed by atoms with Crippen molar-refractivity contribution in [3.05, 3.63) is 77.9 Å². The number of hydrogen-bond acceptors (Lipinski definition) is 4. The molecule has 3 rings (SSSR count). The van der Waals surface area contributed by atoms with Crippen LogP contribution in [0.25, 0.3) is 5.69 Å². The Balaban J connectivity index is 1.58. The summed E-state index contributed by atoms with van der Waals surface area (Å²) in [6, 6.07) is 13.0. The molecule has 122 valence electrons. The number of aromatic nitrogens is 3. The van der Waals surface area contributed by atoms with Crippen molar-refractivity contribution < 1.29 is 9.90 Å². The maximum atomic E-state index is 12.2. The lowest BCUT2D eigenvalue weighted by molar-refractivity contribution is 0.0949. The fourth-order valence-corrected chi connectivity index (χ4v) is 2.33. The highest BCUT2D eigenvalue weighted by atomic mass is 16.3. The van der Waals surface area contributed by atoms with Gasteiger partial charge in [0.15, 0.2) is 0 Å². The van der Waals surface area contributed by atoms with E-state index in [1.807, 2.05) is 36.5 Å². The van der Waals surface area contributed by atoms with Gasteiger partial charge >= 0.3 is 0 Å². The molecule has 3 aromatic rings. The third kappa shape index (κ3) is 3.85. The minimum atomic E-state index is -0.212. The fourth-order valence-electron chi connectivity index (χ4n) is 2.33. The van der Waals surface area contributed by atoms with Crippen molar-refractivity contribution >= 4 is 5.91 Å². The highest BCUT2D eigenvalue weighted by Crippen LogP contribution is 2.08. The Morgan fingerprint density at radius 2 is 1.92 bits per heavy atom. The standard InChI is InChI=1S/C18H18N4O2/c23-13-15-4-2-14(3-5-15)6-9-20-18(24)17-12-16(7-10-19-17)22-11-1-8-21-22/h1-5,7-8,10-12,23H,6,9,13H2,(H,20,24). The number of carbonyl (C=O) groups is 1. The van der Waals surface area contributed by atoms with E-state index in [1.165, 1.54) is 0 Å². The van der Waals surface area contributed by atoms with Crippen LogP contribution >= 0.6 is 0 Å². The first-order valence-corrected chi connectivity index (χ1v) is 7.69. The summed E-state index contributed by atoms with van der Waals surface area (Å²) < 4.78 is 1.68. The SMILES string of the molecule is O=C(NCCc1ccc(CO)cc1)c1cc(-n2cccn2)ccn1. The Kier molecular flexibility index (Phi) is 4.98. The van der Waals surface area contributed by atoms with Crippen LogP contribution in [-0.2, 0) is 13.0 Å². The van der Waals surface area contributed by atoms with E-state index in [0.717, 1.165) is 23.2 Å². The molecule has 0 spiro atoms. The van der Waals surface area contributed by atoms with Gasteiger partial charge < -0.3 is 10.4 Å². The van der Waals surface area contributed by atoms with E-state index in [-0.39, 0.29) is 12.5 Å². The number of nitrogens with zero attached hydrogens (tertiary/aromatic N) is 3. The maximum absolute atomic E-state index is 12.2. The lowest BCUT2D eigenvalue weighted by Crippen LogP contribution is -2.26. The van der Waals surface area contributed by atoms with Gasteiger partial charge in [0.25, 0.3) is 5.91 Å². The van der Waals surface area contributed by atoms with Gasteiger partial charge in [0.05, 0.1) is 12.3 Å². The zero-order valence-corrected chi connectivity index (χ0v) is 13.1. The number of amides is 1. The molecule has 0 unspecified atom stereocenters. The number of carbonyl (C=O) groups excluding carboxylic acids is 1. The number of aliphatic hydroxyl groups is 1. The minimum absolute atomic E-state index is 0.0370. The van der Waals surface area contributed by atoms with Crippen molar-refractivity contribution in [2.24, 2.45) is 0 Å². The van der Waals surface area contributed by atoms with Gasteiger partial charge in [0.2, 0.25) is 0 Å². The van der Waals surface area contributed by atoms with Crippen molar-refractivity contribution in [2.75, 3.05) is 6.54 Å². The summed E-state index contributed by atoms with van der Waals surface area (Å²) in [4.78, 5) is 16.3. The van der Waals surface area contributed by atoms with E-state index < -0.39 is 0 Å². The first kappa shape index (κ1) is 15.9. The monoisotopic (exact) mass is 322 g/mol. The van der Waals surface area contributed by atoms with Crippen molar-refractivity contribution in [1.29, 1.82) is 0 Å². The molecule has 0 aliphatic rings. The second kappa shape index (κ2) is 7.52. The summed E-state index contributed by atoms with van der Waals surface area (Å²) in [6.07, 6.45) is 5.81. The number of rotatable bonds is 6. The van der Waals surface area contributed by atoms with Gasteiger partial charge in [-0.1, -0.05) is 24.3 Å². The Labute approximate surface area is 139 Å². The number of aliphatic hydroxyl groups excluding tert-OH is 1. The van der Waals surface area contributed by atoms with Crippen LogP contribution in [0.3, 0.4) is 0 Å². The van der Waals surface area contributed by atoms with Crippen LogP contribution in [0.1, 0.15) is 21.6 Å². The molecule has 0 atom stereocenters. The van der Waals surface area contributed by atoms with Gasteiger partial charge in [-0.3, -0.25) is 9.78 Å². The predicted molar refractivity (Wildman–Crippen MR) is 89.8 cm³/mol. The van der Waals surface area contributed by atoms with Crippen molar-refractivity contribution in [3.63, 3.8) is 0 Å². The average molecular weight is 322 g/mol. The third-order valence-corrected chi connectivity index (χ3v) is 3.65. The molecule has 0 saturated heterocycles. The van der Waals surface area contributed by atoms with Crippen molar-refractivity contribution in [3.8, 4) is 5.69 Å². The molecule has 2 aromatic heterocycles. The van der Waals surface area contributed by atoms with Gasteiger partial charge in [-0.25, -0.2) is 4.68 Å². The van der Waals surface area contributed by atoms with Gasteiger partial charge in [0.1, 0.15) is 5.69 Å². The second-order valence-corrected chi connectivity index (χ2v) is 5.33. The molecule has 0 radical (unpaired) electrons. The van der Waals surface area contributed by atoms with Crippen molar-refractivity contribution in [1.82, 2.24) is 20.1 Å². The first-order chi connectivity index (χ1) is 11.8. The first-order valence-electron chi connectivity index (χ1n) is 7.69. The molecule has 6 nitrogen and oxygen atoms in total. The normalized spacial score (nSPS) is 10.5. The third-order valence-electron chi connectivity index (χ3n) is 3.65. The molecule has 1 amide bonds. The van der Waals surface area contributed by atoms with Gasteiger partial charge in [-0.15, -0.1) is 0 Å². The number of hydrogen-bond donors (Lipinski definition) is 2. The number of nitrogens with one attached hydrogen (secondary N) is 1. The average Bonchev–Trinajstić information content (AvgIpc) is 3.17. The minimum Gasteiger partial charge on any atom is -0.392 e. The lowest BCUT2D eigenvalue weighted by atomic mass is 10.1. The van der Waals surface area contributed by atoms with Crippen LogP contribution in [0, 0.1) is 0 Å². The smallest absolute Gasteiger partial charge is 0.269 e. The van der Waals surface area contributed by atoms with Crippen LogP contribution < -0.4 is 5.32 Å². The van der Waals surface area contributed by atoms with Crippen LogP contribution in [0.4, 0.5) is 0 Å². The quantitative estimate of drug-likeness (QED) is 0.724. The molecule has 0 fully saturated rings. The molecule has 0 bridgehead atoms. The summed E-state index contributed by atoms with van der Waals surface area (Å²) >= 11 is 0. The lowest BCUT2D eigenvalue weighted by Gasteiger charge is -2.07. The summed E-state index contributed by atoms with van der Waals surface area (Å²) in [5.74, 6) is -0.212. The predicted octanol–water partition coefficient (Wildman–Crippen LogP) is 1.73. The van der Waals surface area contributed by atoms with Gasteiger partial charge in [-0.05, 0) is 35.7 Å². The Hall–Kier alpha value is -2.99. The molecular formula is C18H18N4O2. The number of pyridine rings is 1. The van der Waals surface area contributed by atoms with Crippen LogP contribution in [0.15, 0.2) is 61.1 Å². The van der Waals surface area contributed by atoms with Crippen LogP contribution in [-0.4, -0.2) is 32.3 Å². The molecule has 2 N–H and O–H groups in total. The summed E-state index contributed by atoms with van der Waals surface area (Å²) in [7, 11) is 0. The van der Waals surface area contributed by atoms with E-state index in [2.05, 4.69) is 15.4 Å². The summed E-state index contributed by atoms with van der Waals surface area (Å²) in [5.41, 5.74) is 3.13. The van der Waals surface area contributed by atoms with Crippen LogP contribution in [0.5, 0.6) is 0 Å². The molecule has 1 aromatic carbocycles. The van der Waals surface area contributed by atoms with Crippen molar-refractivity contribution in [2.45, 2.75) is 13.0 Å². The Morgan fingerprint density at radius 3 is 2.62 bits per heavy atom. The molecular weight excluding hydrogens is 304 g/mol. The Morgan fingerprint density at radius 1 is 1.12 bits per heavy atom. The summed E-state index contributed by atoms with van der Waals surface area (Å²) in [5, 5.41) is 16.0. The fraction of sp³-hybridized carbons (Fsp3) is 0.167. The molecule has 2 heterocycles. The van der Waals surface area contributed by atoms with Crippen LogP contribution in [0.2, 0.25) is 0 Å². The van der Waals surface area contributed by atoms with E-state index in [4.69, 9.17) is 5.11 Å². The topological polar surface area (TPSA) is 80.0 Å². The molecule has 0 aliphatic carbocycles. The zero-order chi connectivity index (χ0) is 16.8. The molecule has 24 heavy (non-hydrogen) atoms. The highest BCUT2D eigenvalue weighted by molar-refractivity contribution is 5.92. The van der Waals surface area contributed by atoms with Gasteiger partial charge in [-0.2, -0.15) is 5.10 Å². The highest BCUT2D eigenvalue weighted by Gasteiger charge is 2.08. The van der Waals surface area contributed by atoms with E-state index in [1.54, 1.807) is 29.2 Å². The Bertz CT molecular complexity index is 798. The second-order valence-electron chi connectivity index (χ2n) is 5.33. The maximum Gasteiger partial charge on any atom is 0.269 e. The van der Waals surface area contributed by atoms with E-state index >= 15 is 0 Å². The molecule has 6 heteroatoms. The zero-order valence-electron chi connectivity index (χ0n) is 13.1. The molecule has 0 aliphatic heterocycles. The largest absolute Gasteiger partial charge is 0.392 e. The number of benzene rings is 1. The van der Waals surface area contributed by atoms with Gasteiger partial charge in [0, 0.05) is 25.1 Å². The summed E-state index contributed by atoms with van der Waals surface area (Å²) in [6.45, 7) is 0.556.